The monoisotopic (exact) mass is 342 g/mol. The van der Waals surface area contributed by atoms with Gasteiger partial charge in [0.05, 0.1) is 18.2 Å². The fourth-order valence-corrected chi connectivity index (χ4v) is 2.78. The first-order chi connectivity index (χ1) is 12.3. The van der Waals surface area contributed by atoms with Crippen molar-refractivity contribution in [3.63, 3.8) is 0 Å². The number of aromatic amines is 2. The third-order valence-corrected chi connectivity index (χ3v) is 4.01. The molecule has 10 heteroatoms. The van der Waals surface area contributed by atoms with Crippen molar-refractivity contribution in [3.05, 3.63) is 41.1 Å². The van der Waals surface area contributed by atoms with Gasteiger partial charge in [-0.1, -0.05) is 0 Å². The van der Waals surface area contributed by atoms with Gasteiger partial charge in [-0.25, -0.2) is 24.8 Å². The maximum Gasteiger partial charge on any atom is 0.340 e. The summed E-state index contributed by atoms with van der Waals surface area (Å²) in [5, 5.41) is 9.44. The van der Waals surface area contributed by atoms with Gasteiger partial charge in [0.25, 0.3) is 0 Å². The number of hydrogen-bond donors (Lipinski definition) is 3. The van der Waals surface area contributed by atoms with Gasteiger partial charge in [-0.05, 0) is 12.8 Å². The molecule has 0 aromatic carbocycles. The van der Waals surface area contributed by atoms with Gasteiger partial charge in [0.1, 0.15) is 5.82 Å². The third kappa shape index (κ3) is 3.58. The molecule has 0 saturated carbocycles. The van der Waals surface area contributed by atoms with Crippen molar-refractivity contribution in [1.29, 1.82) is 0 Å². The van der Waals surface area contributed by atoms with Gasteiger partial charge in [-0.3, -0.25) is 4.98 Å². The summed E-state index contributed by atoms with van der Waals surface area (Å²) in [6.45, 7) is 1.93. The summed E-state index contributed by atoms with van der Waals surface area (Å²) in [5.74, 6) is 1.79. The van der Waals surface area contributed by atoms with E-state index in [1.54, 1.807) is 18.6 Å². The van der Waals surface area contributed by atoms with Gasteiger partial charge in [-0.2, -0.15) is 5.10 Å². The maximum atomic E-state index is 11.1. The minimum absolute atomic E-state index is 0.234. The Balaban J connectivity index is 1.45. The number of rotatable bonds is 6. The van der Waals surface area contributed by atoms with E-state index in [0.717, 1.165) is 25.0 Å². The summed E-state index contributed by atoms with van der Waals surface area (Å²) >= 11 is 0. The van der Waals surface area contributed by atoms with Crippen molar-refractivity contribution >= 4 is 5.95 Å². The number of ether oxygens (including phenoxy) is 1. The second-order valence-corrected chi connectivity index (χ2v) is 5.81. The molecule has 1 aliphatic rings. The van der Waals surface area contributed by atoms with Gasteiger partial charge >= 0.3 is 5.69 Å². The molecule has 1 fully saturated rings. The van der Waals surface area contributed by atoms with Crippen LogP contribution in [0.25, 0.3) is 11.4 Å². The molecular weight excluding hydrogens is 324 g/mol. The van der Waals surface area contributed by atoms with Crippen LogP contribution in [0.2, 0.25) is 0 Å². The molecule has 1 saturated heterocycles. The average Bonchev–Trinajstić information content (AvgIpc) is 3.37. The predicted molar refractivity (Wildman–Crippen MR) is 89.0 cm³/mol. The smallest absolute Gasteiger partial charge is 0.340 e. The van der Waals surface area contributed by atoms with Crippen LogP contribution in [0.5, 0.6) is 0 Å². The molecule has 0 aliphatic carbocycles. The van der Waals surface area contributed by atoms with E-state index in [2.05, 4.69) is 35.5 Å². The van der Waals surface area contributed by atoms with Crippen LogP contribution in [-0.4, -0.2) is 54.0 Å². The molecule has 1 atom stereocenters. The number of aromatic nitrogens is 7. The van der Waals surface area contributed by atoms with Crippen LogP contribution in [-0.2, 0) is 11.3 Å². The van der Waals surface area contributed by atoms with Crippen molar-refractivity contribution in [2.75, 3.05) is 18.5 Å². The van der Waals surface area contributed by atoms with E-state index in [9.17, 15) is 4.79 Å². The molecule has 0 amide bonds. The molecule has 1 aliphatic heterocycles. The number of nitrogens with one attached hydrogen (secondary N) is 3. The first kappa shape index (κ1) is 15.5. The quantitative estimate of drug-likeness (QED) is 0.591. The molecule has 1 unspecified atom stereocenters. The van der Waals surface area contributed by atoms with E-state index < -0.39 is 0 Å². The molecule has 0 radical (unpaired) electrons. The molecule has 0 bridgehead atoms. The Morgan fingerprint density at radius 1 is 1.32 bits per heavy atom. The van der Waals surface area contributed by atoms with Crippen LogP contribution < -0.4 is 11.0 Å². The second-order valence-electron chi connectivity index (χ2n) is 5.81. The minimum Gasteiger partial charge on any atom is -0.376 e. The highest BCUT2D eigenvalue weighted by atomic mass is 16.5. The summed E-state index contributed by atoms with van der Waals surface area (Å²) in [4.78, 5) is 26.8. The van der Waals surface area contributed by atoms with Crippen molar-refractivity contribution in [1.82, 2.24) is 34.7 Å². The lowest BCUT2D eigenvalue weighted by Crippen LogP contribution is -2.19. The van der Waals surface area contributed by atoms with Crippen LogP contribution in [0, 0.1) is 0 Å². The van der Waals surface area contributed by atoms with Crippen LogP contribution >= 0.6 is 0 Å². The number of H-pyrrole nitrogens is 2. The van der Waals surface area contributed by atoms with E-state index in [0.29, 0.717) is 30.7 Å². The Labute approximate surface area is 142 Å². The van der Waals surface area contributed by atoms with E-state index in [-0.39, 0.29) is 11.8 Å². The van der Waals surface area contributed by atoms with Crippen LogP contribution in [0.15, 0.2) is 29.6 Å². The van der Waals surface area contributed by atoms with E-state index in [4.69, 9.17) is 4.74 Å². The van der Waals surface area contributed by atoms with Crippen molar-refractivity contribution in [2.45, 2.75) is 25.5 Å². The summed E-state index contributed by atoms with van der Waals surface area (Å²) in [5.41, 5.74) is 0.451. The molecular formula is C15H18N8O2. The molecule has 0 spiro atoms. The Morgan fingerprint density at radius 3 is 2.92 bits per heavy atom. The second kappa shape index (κ2) is 6.85. The normalized spacial score (nSPS) is 17.0. The molecule has 3 aromatic heterocycles. The predicted octanol–water partition coefficient (Wildman–Crippen LogP) is 0.391. The van der Waals surface area contributed by atoms with Crippen molar-refractivity contribution in [2.24, 2.45) is 0 Å². The van der Waals surface area contributed by atoms with Gasteiger partial charge in [0, 0.05) is 37.9 Å². The lowest BCUT2D eigenvalue weighted by molar-refractivity contribution is 0.120. The molecule has 130 valence electrons. The van der Waals surface area contributed by atoms with E-state index in [1.165, 1.54) is 0 Å². The largest absolute Gasteiger partial charge is 0.376 e. The zero-order valence-corrected chi connectivity index (χ0v) is 13.5. The molecule has 4 rings (SSSR count). The number of nitrogens with zero attached hydrogens (tertiary/aromatic N) is 5. The summed E-state index contributed by atoms with van der Waals surface area (Å²) in [7, 11) is 0. The molecule has 3 N–H and O–H groups in total. The standard InChI is InChI=1S/C15H18N8O2/c24-15-20-12(21-22-15)9-23-4-3-16-13(23)10-6-17-14(18-7-10)19-8-11-2-1-5-25-11/h3-4,6-7,11H,1-2,5,8-9H2,(H,17,18,19)(H2,20,21,22,24). The van der Waals surface area contributed by atoms with Crippen LogP contribution in [0.3, 0.4) is 0 Å². The van der Waals surface area contributed by atoms with Gasteiger partial charge in [0.15, 0.2) is 5.82 Å². The molecule has 10 nitrogen and oxygen atoms in total. The SMILES string of the molecule is O=c1[nH]nc(Cn2ccnc2-c2cnc(NCC3CCCO3)nc2)[nH]1. The molecule has 4 heterocycles. The highest BCUT2D eigenvalue weighted by molar-refractivity contribution is 5.53. The first-order valence-corrected chi connectivity index (χ1v) is 8.10. The zero-order chi connectivity index (χ0) is 17.1. The van der Waals surface area contributed by atoms with Gasteiger partial charge in [0.2, 0.25) is 5.95 Å². The lowest BCUT2D eigenvalue weighted by Gasteiger charge is -2.11. The summed E-state index contributed by atoms with van der Waals surface area (Å²) in [6, 6.07) is 0. The number of hydrogen-bond acceptors (Lipinski definition) is 7. The topological polar surface area (TPSA) is 126 Å². The first-order valence-electron chi connectivity index (χ1n) is 8.10. The third-order valence-electron chi connectivity index (χ3n) is 4.01. The number of imidazole rings is 1. The summed E-state index contributed by atoms with van der Waals surface area (Å²) in [6.07, 6.45) is 9.34. The highest BCUT2D eigenvalue weighted by Gasteiger charge is 2.15. The van der Waals surface area contributed by atoms with E-state index in [1.807, 2.05) is 10.8 Å². The Bertz CT molecular complexity index is 875. The van der Waals surface area contributed by atoms with Crippen molar-refractivity contribution < 1.29 is 4.74 Å². The van der Waals surface area contributed by atoms with Gasteiger partial charge in [-0.15, -0.1) is 0 Å². The minimum atomic E-state index is -0.332. The van der Waals surface area contributed by atoms with Crippen molar-refractivity contribution in [3.8, 4) is 11.4 Å². The Morgan fingerprint density at radius 2 is 2.20 bits per heavy atom. The maximum absolute atomic E-state index is 11.1. The van der Waals surface area contributed by atoms with Crippen LogP contribution in [0.1, 0.15) is 18.7 Å². The van der Waals surface area contributed by atoms with Gasteiger partial charge < -0.3 is 14.6 Å². The number of anilines is 1. The molecule has 25 heavy (non-hydrogen) atoms. The molecule has 3 aromatic rings. The highest BCUT2D eigenvalue weighted by Crippen LogP contribution is 2.17. The summed E-state index contributed by atoms with van der Waals surface area (Å²) < 4.78 is 7.43. The Kier molecular flexibility index (Phi) is 4.25. The van der Waals surface area contributed by atoms with E-state index >= 15 is 0 Å². The zero-order valence-electron chi connectivity index (χ0n) is 13.5. The lowest BCUT2D eigenvalue weighted by atomic mass is 10.2. The fourth-order valence-electron chi connectivity index (χ4n) is 2.78. The fraction of sp³-hybridized carbons (Fsp3) is 0.400. The average molecular weight is 342 g/mol. The van der Waals surface area contributed by atoms with Crippen LogP contribution in [0.4, 0.5) is 5.95 Å². The Hall–Kier alpha value is -3.01.